The molecule has 0 radical (unpaired) electrons. The van der Waals surface area contributed by atoms with Crippen LogP contribution < -0.4 is 10.7 Å². The number of nitrogens with one attached hydrogen (secondary N) is 2. The van der Waals surface area contributed by atoms with Gasteiger partial charge in [0.25, 0.3) is 5.69 Å². The van der Waals surface area contributed by atoms with Crippen LogP contribution in [0, 0.1) is 10.1 Å². The molecule has 0 aliphatic carbocycles. The molecule has 0 saturated carbocycles. The smallest absolute Gasteiger partial charge is 0.329 e. The normalized spacial score (nSPS) is 10.5. The van der Waals surface area contributed by atoms with E-state index in [1.54, 1.807) is 18.2 Å². The molecule has 0 aliphatic heterocycles. The monoisotopic (exact) mass is 394 g/mol. The standard InChI is InChI=1S/C16H12Cl2N4O4/c17-12-5-4-11(14(18)7-12)9-19-15(23)16(24)21-20-8-10-2-1-3-13(6-10)22(25)26/h1-8H,9H2,(H,19,23)(H,21,24)/b20-8-. The summed E-state index contributed by atoms with van der Waals surface area (Å²) in [6.45, 7) is 0.0385. The van der Waals surface area contributed by atoms with Gasteiger partial charge in [0, 0.05) is 34.3 Å². The lowest BCUT2D eigenvalue weighted by Crippen LogP contribution is -2.37. The van der Waals surface area contributed by atoms with Crippen LogP contribution in [0.15, 0.2) is 47.6 Å². The third-order valence-electron chi connectivity index (χ3n) is 3.12. The number of nitro benzene ring substituents is 1. The van der Waals surface area contributed by atoms with E-state index in [0.717, 1.165) is 0 Å². The van der Waals surface area contributed by atoms with Gasteiger partial charge in [-0.05, 0) is 17.7 Å². The van der Waals surface area contributed by atoms with Crippen LogP contribution in [0.4, 0.5) is 5.69 Å². The molecule has 26 heavy (non-hydrogen) atoms. The maximum Gasteiger partial charge on any atom is 0.329 e. The molecule has 2 aromatic carbocycles. The van der Waals surface area contributed by atoms with E-state index in [4.69, 9.17) is 23.2 Å². The number of halogens is 2. The number of nitrogens with zero attached hydrogens (tertiary/aromatic N) is 2. The van der Waals surface area contributed by atoms with Crippen LogP contribution in [0.1, 0.15) is 11.1 Å². The molecular formula is C16H12Cl2N4O4. The average molecular weight is 395 g/mol. The molecule has 0 bridgehead atoms. The molecular weight excluding hydrogens is 383 g/mol. The highest BCUT2D eigenvalue weighted by atomic mass is 35.5. The van der Waals surface area contributed by atoms with E-state index in [0.29, 0.717) is 21.2 Å². The molecule has 0 unspecified atom stereocenters. The first-order valence-electron chi connectivity index (χ1n) is 7.16. The molecule has 2 amide bonds. The van der Waals surface area contributed by atoms with E-state index < -0.39 is 16.7 Å². The Bertz CT molecular complexity index is 886. The van der Waals surface area contributed by atoms with Crippen LogP contribution in [0.2, 0.25) is 10.0 Å². The van der Waals surface area contributed by atoms with Gasteiger partial charge in [-0.15, -0.1) is 0 Å². The number of amides is 2. The van der Waals surface area contributed by atoms with Crippen molar-refractivity contribution in [3.63, 3.8) is 0 Å². The number of hydrogen-bond acceptors (Lipinski definition) is 5. The van der Waals surface area contributed by atoms with Gasteiger partial charge in [0.1, 0.15) is 0 Å². The Morgan fingerprint density at radius 3 is 2.62 bits per heavy atom. The summed E-state index contributed by atoms with van der Waals surface area (Å²) in [5.41, 5.74) is 2.91. The Hall–Kier alpha value is -2.97. The van der Waals surface area contributed by atoms with Gasteiger partial charge in [-0.25, -0.2) is 5.43 Å². The maximum absolute atomic E-state index is 11.7. The zero-order valence-electron chi connectivity index (χ0n) is 13.1. The molecule has 0 saturated heterocycles. The summed E-state index contributed by atoms with van der Waals surface area (Å²) in [4.78, 5) is 33.5. The first-order chi connectivity index (χ1) is 12.4. The fourth-order valence-corrected chi connectivity index (χ4v) is 2.33. The molecule has 2 N–H and O–H groups in total. The zero-order valence-corrected chi connectivity index (χ0v) is 14.6. The second-order valence-corrected chi connectivity index (χ2v) is 5.81. The van der Waals surface area contributed by atoms with E-state index in [2.05, 4.69) is 10.4 Å². The van der Waals surface area contributed by atoms with Crippen molar-refractivity contribution >= 4 is 46.9 Å². The van der Waals surface area contributed by atoms with Gasteiger partial charge in [-0.3, -0.25) is 19.7 Å². The third-order valence-corrected chi connectivity index (χ3v) is 3.71. The van der Waals surface area contributed by atoms with E-state index in [9.17, 15) is 19.7 Å². The molecule has 0 fully saturated rings. The fraction of sp³-hybridized carbons (Fsp3) is 0.0625. The Labute approximate surface area is 157 Å². The summed E-state index contributed by atoms with van der Waals surface area (Å²) < 4.78 is 0. The molecule has 0 aromatic heterocycles. The number of hydrogen-bond donors (Lipinski definition) is 2. The van der Waals surface area contributed by atoms with Gasteiger partial charge in [0.2, 0.25) is 0 Å². The van der Waals surface area contributed by atoms with E-state index in [1.165, 1.54) is 30.5 Å². The molecule has 2 aromatic rings. The summed E-state index contributed by atoms with van der Waals surface area (Å²) >= 11 is 11.7. The number of benzene rings is 2. The van der Waals surface area contributed by atoms with Crippen molar-refractivity contribution in [3.8, 4) is 0 Å². The van der Waals surface area contributed by atoms with Gasteiger partial charge < -0.3 is 5.32 Å². The van der Waals surface area contributed by atoms with Crippen molar-refractivity contribution < 1.29 is 14.5 Å². The van der Waals surface area contributed by atoms with Gasteiger partial charge in [-0.2, -0.15) is 5.10 Å². The number of nitro groups is 1. The van der Waals surface area contributed by atoms with Crippen molar-refractivity contribution in [2.24, 2.45) is 5.10 Å². The highest BCUT2D eigenvalue weighted by molar-refractivity contribution is 6.36. The quantitative estimate of drug-likeness (QED) is 0.351. The number of hydrazone groups is 1. The van der Waals surface area contributed by atoms with Crippen molar-refractivity contribution in [2.45, 2.75) is 6.54 Å². The Morgan fingerprint density at radius 1 is 1.15 bits per heavy atom. The summed E-state index contributed by atoms with van der Waals surface area (Å²) in [6, 6.07) is 10.4. The van der Waals surface area contributed by atoms with Crippen LogP contribution in [0.25, 0.3) is 0 Å². The van der Waals surface area contributed by atoms with Crippen molar-refractivity contribution in [1.29, 1.82) is 0 Å². The first-order valence-corrected chi connectivity index (χ1v) is 7.92. The van der Waals surface area contributed by atoms with E-state index in [1.807, 2.05) is 5.43 Å². The largest absolute Gasteiger partial charge is 0.344 e. The minimum atomic E-state index is -0.989. The number of carbonyl (C=O) groups is 2. The third kappa shape index (κ3) is 5.54. The maximum atomic E-state index is 11.7. The summed E-state index contributed by atoms with van der Waals surface area (Å²) in [6.07, 6.45) is 1.19. The highest BCUT2D eigenvalue weighted by Crippen LogP contribution is 2.20. The summed E-state index contributed by atoms with van der Waals surface area (Å²) in [5, 5.41) is 17.5. The minimum absolute atomic E-state index is 0.0385. The SMILES string of the molecule is O=C(NCc1ccc(Cl)cc1Cl)C(=O)N/N=C\c1cccc([N+](=O)[O-])c1. The van der Waals surface area contributed by atoms with Gasteiger partial charge >= 0.3 is 11.8 Å². The highest BCUT2D eigenvalue weighted by Gasteiger charge is 2.13. The lowest BCUT2D eigenvalue weighted by atomic mass is 10.2. The second-order valence-electron chi connectivity index (χ2n) is 4.97. The molecule has 0 heterocycles. The van der Waals surface area contributed by atoms with Gasteiger partial charge in [0.05, 0.1) is 11.1 Å². The molecule has 10 heteroatoms. The molecule has 8 nitrogen and oxygen atoms in total. The topological polar surface area (TPSA) is 114 Å². The minimum Gasteiger partial charge on any atom is -0.344 e. The van der Waals surface area contributed by atoms with Gasteiger partial charge in [0.15, 0.2) is 0 Å². The lowest BCUT2D eigenvalue weighted by Gasteiger charge is -2.06. The Kier molecular flexibility index (Phi) is 6.65. The lowest BCUT2D eigenvalue weighted by molar-refractivity contribution is -0.384. The van der Waals surface area contributed by atoms with E-state index in [-0.39, 0.29) is 12.2 Å². The summed E-state index contributed by atoms with van der Waals surface area (Å²) in [7, 11) is 0. The Balaban J connectivity index is 1.88. The van der Waals surface area contributed by atoms with Crippen molar-refractivity contribution in [1.82, 2.24) is 10.7 Å². The second kappa shape index (κ2) is 8.93. The number of rotatable bonds is 5. The van der Waals surface area contributed by atoms with Crippen LogP contribution in [-0.2, 0) is 16.1 Å². The summed E-state index contributed by atoms with van der Waals surface area (Å²) in [5.74, 6) is -1.90. The number of non-ortho nitro benzene ring substituents is 1. The van der Waals surface area contributed by atoms with Crippen LogP contribution >= 0.6 is 23.2 Å². The molecule has 0 spiro atoms. The van der Waals surface area contributed by atoms with Gasteiger partial charge in [-0.1, -0.05) is 41.4 Å². The fourth-order valence-electron chi connectivity index (χ4n) is 1.86. The zero-order chi connectivity index (χ0) is 19.1. The van der Waals surface area contributed by atoms with E-state index >= 15 is 0 Å². The van der Waals surface area contributed by atoms with Crippen LogP contribution in [-0.4, -0.2) is 23.0 Å². The number of carbonyl (C=O) groups excluding carboxylic acids is 2. The molecule has 0 atom stereocenters. The Morgan fingerprint density at radius 2 is 1.92 bits per heavy atom. The van der Waals surface area contributed by atoms with Crippen molar-refractivity contribution in [2.75, 3.05) is 0 Å². The van der Waals surface area contributed by atoms with Crippen LogP contribution in [0.5, 0.6) is 0 Å². The van der Waals surface area contributed by atoms with Crippen LogP contribution in [0.3, 0.4) is 0 Å². The first kappa shape index (κ1) is 19.4. The van der Waals surface area contributed by atoms with Crippen molar-refractivity contribution in [3.05, 3.63) is 73.8 Å². The molecule has 0 aliphatic rings. The average Bonchev–Trinajstić information content (AvgIpc) is 2.60. The molecule has 2 rings (SSSR count). The predicted molar refractivity (Wildman–Crippen MR) is 97.1 cm³/mol. The molecule has 134 valence electrons. The predicted octanol–water partition coefficient (Wildman–Crippen LogP) is 2.67.